The Bertz CT molecular complexity index is 468. The van der Waals surface area contributed by atoms with Gasteiger partial charge >= 0.3 is 0 Å². The molecule has 0 amide bonds. The number of Topliss-reactive ketones (excluding diaryl/α,β-unsaturated/α-hetero) is 1. The molecule has 0 saturated carbocycles. The molecule has 20 heavy (non-hydrogen) atoms. The maximum atomic E-state index is 12.4. The third kappa shape index (κ3) is 3.90. The van der Waals surface area contributed by atoms with Gasteiger partial charge in [-0.25, -0.2) is 0 Å². The molecule has 1 fully saturated rings. The Balaban J connectivity index is 1.97. The number of ether oxygens (including phenoxy) is 1. The Labute approximate surface area is 121 Å². The Kier molecular flexibility index (Phi) is 5.32. The molecule has 1 saturated heterocycles. The molecule has 3 nitrogen and oxygen atoms in total. The van der Waals surface area contributed by atoms with E-state index in [9.17, 15) is 4.79 Å². The molecule has 1 aromatic rings. The fourth-order valence-electron chi connectivity index (χ4n) is 3.08. The topological polar surface area (TPSA) is 29.5 Å². The largest absolute Gasteiger partial charge is 0.384 e. The molecule has 1 unspecified atom stereocenters. The molecule has 1 heterocycles. The van der Waals surface area contributed by atoms with Crippen LogP contribution in [0.5, 0.6) is 0 Å². The van der Waals surface area contributed by atoms with Gasteiger partial charge in [-0.15, -0.1) is 0 Å². The van der Waals surface area contributed by atoms with Gasteiger partial charge in [-0.2, -0.15) is 0 Å². The Hall–Kier alpha value is -1.19. The quantitative estimate of drug-likeness (QED) is 0.774. The van der Waals surface area contributed by atoms with Crippen molar-refractivity contribution in [3.8, 4) is 0 Å². The van der Waals surface area contributed by atoms with Gasteiger partial charge < -0.3 is 4.74 Å². The van der Waals surface area contributed by atoms with Crippen molar-refractivity contribution in [1.29, 1.82) is 0 Å². The Morgan fingerprint density at radius 2 is 2.20 bits per heavy atom. The summed E-state index contributed by atoms with van der Waals surface area (Å²) in [5.41, 5.74) is 3.15. The monoisotopic (exact) mass is 275 g/mol. The van der Waals surface area contributed by atoms with Gasteiger partial charge in [-0.1, -0.05) is 23.8 Å². The second kappa shape index (κ2) is 7.00. The SMILES string of the molecule is COCC1CCCN(CC(=O)c2ccc(C)cc2C)C1. The second-order valence-electron chi connectivity index (χ2n) is 5.94. The van der Waals surface area contributed by atoms with Gasteiger partial charge in [0.05, 0.1) is 13.2 Å². The van der Waals surface area contributed by atoms with Crippen molar-refractivity contribution in [3.05, 3.63) is 34.9 Å². The average Bonchev–Trinajstić information content (AvgIpc) is 2.39. The highest BCUT2D eigenvalue weighted by molar-refractivity contribution is 5.98. The van der Waals surface area contributed by atoms with Crippen LogP contribution in [0.2, 0.25) is 0 Å². The lowest BCUT2D eigenvalue weighted by Crippen LogP contribution is -2.40. The third-order valence-corrected chi connectivity index (χ3v) is 4.06. The first-order valence-corrected chi connectivity index (χ1v) is 7.42. The molecule has 1 aromatic carbocycles. The van der Waals surface area contributed by atoms with Crippen LogP contribution in [0.1, 0.15) is 34.3 Å². The summed E-state index contributed by atoms with van der Waals surface area (Å²) in [7, 11) is 1.75. The smallest absolute Gasteiger partial charge is 0.177 e. The number of carbonyl (C=O) groups excluding carboxylic acids is 1. The molecule has 1 aliphatic rings. The van der Waals surface area contributed by atoms with Gasteiger partial charge in [0.1, 0.15) is 0 Å². The summed E-state index contributed by atoms with van der Waals surface area (Å²) >= 11 is 0. The van der Waals surface area contributed by atoms with Crippen LogP contribution < -0.4 is 0 Å². The number of ketones is 1. The second-order valence-corrected chi connectivity index (χ2v) is 5.94. The number of carbonyl (C=O) groups is 1. The van der Waals surface area contributed by atoms with Gasteiger partial charge in [0.15, 0.2) is 5.78 Å². The Morgan fingerprint density at radius 1 is 1.40 bits per heavy atom. The van der Waals surface area contributed by atoms with E-state index in [0.717, 1.165) is 37.2 Å². The summed E-state index contributed by atoms with van der Waals surface area (Å²) in [5.74, 6) is 0.807. The summed E-state index contributed by atoms with van der Waals surface area (Å²) in [6.07, 6.45) is 2.37. The summed E-state index contributed by atoms with van der Waals surface area (Å²) in [4.78, 5) is 14.7. The summed E-state index contributed by atoms with van der Waals surface area (Å²) in [6, 6.07) is 6.06. The van der Waals surface area contributed by atoms with Gasteiger partial charge in [0.25, 0.3) is 0 Å². The number of hydrogen-bond donors (Lipinski definition) is 0. The molecule has 2 rings (SSSR count). The van der Waals surface area contributed by atoms with Crippen molar-refractivity contribution in [2.75, 3.05) is 33.4 Å². The number of likely N-dealkylation sites (tertiary alicyclic amines) is 1. The van der Waals surface area contributed by atoms with Gasteiger partial charge in [0.2, 0.25) is 0 Å². The first kappa shape index (κ1) is 15.2. The standard InChI is InChI=1S/C17H25NO2/c1-13-6-7-16(14(2)9-13)17(19)11-18-8-4-5-15(10-18)12-20-3/h6-7,9,15H,4-5,8,10-12H2,1-3H3. The van der Waals surface area contributed by atoms with Crippen molar-refractivity contribution in [1.82, 2.24) is 4.90 Å². The van der Waals surface area contributed by atoms with Crippen LogP contribution in [0.25, 0.3) is 0 Å². The fraction of sp³-hybridized carbons (Fsp3) is 0.588. The molecule has 1 aliphatic heterocycles. The molecule has 0 spiro atoms. The molecule has 0 radical (unpaired) electrons. The van der Waals surface area contributed by atoms with Crippen molar-refractivity contribution >= 4 is 5.78 Å². The van der Waals surface area contributed by atoms with Gasteiger partial charge in [0, 0.05) is 19.2 Å². The summed E-state index contributed by atoms with van der Waals surface area (Å²) in [5, 5.41) is 0. The van der Waals surface area contributed by atoms with Crippen LogP contribution in [0.15, 0.2) is 18.2 Å². The van der Waals surface area contributed by atoms with E-state index in [1.54, 1.807) is 7.11 Å². The molecule has 0 N–H and O–H groups in total. The van der Waals surface area contributed by atoms with Crippen LogP contribution in [-0.2, 0) is 4.74 Å². The van der Waals surface area contributed by atoms with E-state index < -0.39 is 0 Å². The Morgan fingerprint density at radius 3 is 2.90 bits per heavy atom. The predicted octanol–water partition coefficient (Wildman–Crippen LogP) is 2.84. The minimum atomic E-state index is 0.237. The molecule has 0 aromatic heterocycles. The molecular weight excluding hydrogens is 250 g/mol. The zero-order valence-corrected chi connectivity index (χ0v) is 12.8. The predicted molar refractivity (Wildman–Crippen MR) is 81.3 cm³/mol. The summed E-state index contributed by atoms with van der Waals surface area (Å²) in [6.45, 7) is 7.41. The van der Waals surface area contributed by atoms with E-state index in [-0.39, 0.29) is 5.78 Å². The van der Waals surface area contributed by atoms with Crippen molar-refractivity contribution < 1.29 is 9.53 Å². The molecule has 0 aliphatic carbocycles. The number of benzene rings is 1. The molecule has 110 valence electrons. The van der Waals surface area contributed by atoms with E-state index >= 15 is 0 Å². The lowest BCUT2D eigenvalue weighted by atomic mass is 9.97. The van der Waals surface area contributed by atoms with E-state index in [1.165, 1.54) is 12.0 Å². The van der Waals surface area contributed by atoms with Crippen LogP contribution >= 0.6 is 0 Å². The van der Waals surface area contributed by atoms with E-state index in [1.807, 2.05) is 19.1 Å². The molecule has 1 atom stereocenters. The lowest BCUT2D eigenvalue weighted by Gasteiger charge is -2.31. The number of hydrogen-bond acceptors (Lipinski definition) is 3. The van der Waals surface area contributed by atoms with Crippen LogP contribution in [0, 0.1) is 19.8 Å². The molecular formula is C17H25NO2. The molecule has 3 heteroatoms. The minimum Gasteiger partial charge on any atom is -0.384 e. The van der Waals surface area contributed by atoms with Crippen LogP contribution in [0.3, 0.4) is 0 Å². The van der Waals surface area contributed by atoms with Crippen molar-refractivity contribution in [3.63, 3.8) is 0 Å². The maximum Gasteiger partial charge on any atom is 0.177 e. The van der Waals surface area contributed by atoms with Crippen LogP contribution in [0.4, 0.5) is 0 Å². The first-order valence-electron chi connectivity index (χ1n) is 7.42. The highest BCUT2D eigenvalue weighted by atomic mass is 16.5. The zero-order valence-electron chi connectivity index (χ0n) is 12.8. The third-order valence-electron chi connectivity index (χ3n) is 4.06. The van der Waals surface area contributed by atoms with Crippen molar-refractivity contribution in [2.45, 2.75) is 26.7 Å². The van der Waals surface area contributed by atoms with E-state index in [0.29, 0.717) is 12.5 Å². The summed E-state index contributed by atoms with van der Waals surface area (Å²) < 4.78 is 5.24. The highest BCUT2D eigenvalue weighted by Crippen LogP contribution is 2.18. The average molecular weight is 275 g/mol. The number of rotatable bonds is 5. The van der Waals surface area contributed by atoms with Gasteiger partial charge in [-0.05, 0) is 44.7 Å². The number of aryl methyl sites for hydroxylation is 2. The van der Waals surface area contributed by atoms with Crippen LogP contribution in [-0.4, -0.2) is 44.0 Å². The van der Waals surface area contributed by atoms with E-state index in [4.69, 9.17) is 4.74 Å². The number of nitrogens with zero attached hydrogens (tertiary/aromatic N) is 1. The lowest BCUT2D eigenvalue weighted by molar-refractivity contribution is 0.0757. The molecule has 0 bridgehead atoms. The van der Waals surface area contributed by atoms with Crippen molar-refractivity contribution in [2.24, 2.45) is 5.92 Å². The van der Waals surface area contributed by atoms with Gasteiger partial charge in [-0.3, -0.25) is 9.69 Å². The van der Waals surface area contributed by atoms with E-state index in [2.05, 4.69) is 17.9 Å². The first-order chi connectivity index (χ1) is 9.60. The number of piperidine rings is 1. The highest BCUT2D eigenvalue weighted by Gasteiger charge is 2.22. The normalized spacial score (nSPS) is 20.1. The zero-order chi connectivity index (χ0) is 14.5. The fourth-order valence-corrected chi connectivity index (χ4v) is 3.08. The minimum absolute atomic E-state index is 0.237. The number of methoxy groups -OCH3 is 1. The maximum absolute atomic E-state index is 12.4.